The zero-order chi connectivity index (χ0) is 13.7. The van der Waals surface area contributed by atoms with Gasteiger partial charge >= 0.3 is 5.97 Å². The third-order valence-electron chi connectivity index (χ3n) is 2.71. The molecule has 0 atom stereocenters. The van der Waals surface area contributed by atoms with E-state index in [1.165, 1.54) is 6.07 Å². The van der Waals surface area contributed by atoms with Crippen LogP contribution in [0.2, 0.25) is 0 Å². The maximum absolute atomic E-state index is 11.0. The lowest BCUT2D eigenvalue weighted by Crippen LogP contribution is -2.27. The van der Waals surface area contributed by atoms with E-state index in [1.807, 2.05) is 6.92 Å². The lowest BCUT2D eigenvalue weighted by atomic mass is 10.1. The summed E-state index contributed by atoms with van der Waals surface area (Å²) in [6.07, 6.45) is -0.0423. The van der Waals surface area contributed by atoms with Gasteiger partial charge in [-0.2, -0.15) is 0 Å². The van der Waals surface area contributed by atoms with Crippen molar-refractivity contribution in [1.82, 2.24) is 0 Å². The van der Waals surface area contributed by atoms with Crippen molar-refractivity contribution < 1.29 is 14.8 Å². The Balaban J connectivity index is 3.11. The minimum atomic E-state index is -0.912. The molecule has 0 heterocycles. The second-order valence-corrected chi connectivity index (χ2v) is 3.92. The number of carboxylic acids is 1. The monoisotopic (exact) mass is 252 g/mol. The molecule has 1 aromatic rings. The van der Waals surface area contributed by atoms with Gasteiger partial charge in [-0.05, 0) is 19.4 Å². The minimum Gasteiger partial charge on any atom is -0.481 e. The van der Waals surface area contributed by atoms with Gasteiger partial charge in [0.1, 0.15) is 5.69 Å². The molecule has 18 heavy (non-hydrogen) atoms. The standard InChI is InChI=1S/C12H16N2O4/c1-3-13(8-7-11(15)16)12-9(2)5-4-6-10(12)14(17)18/h4-6H,3,7-8H2,1-2H3,(H,15,16). The maximum atomic E-state index is 11.0. The fourth-order valence-corrected chi connectivity index (χ4v) is 1.86. The second-order valence-electron chi connectivity index (χ2n) is 3.92. The number of para-hydroxylation sites is 1. The van der Waals surface area contributed by atoms with E-state index in [0.29, 0.717) is 12.2 Å². The lowest BCUT2D eigenvalue weighted by Gasteiger charge is -2.23. The number of carboxylic acid groups (broad SMARTS) is 1. The number of aryl methyl sites for hydroxylation is 1. The highest BCUT2D eigenvalue weighted by Gasteiger charge is 2.20. The van der Waals surface area contributed by atoms with Gasteiger partial charge in [0.25, 0.3) is 5.69 Å². The van der Waals surface area contributed by atoms with Crippen molar-refractivity contribution in [3.63, 3.8) is 0 Å². The molecule has 0 aromatic heterocycles. The number of hydrogen-bond donors (Lipinski definition) is 1. The first kappa shape index (κ1) is 14.0. The highest BCUT2D eigenvalue weighted by atomic mass is 16.6. The summed E-state index contributed by atoms with van der Waals surface area (Å²) < 4.78 is 0. The fraction of sp³-hybridized carbons (Fsp3) is 0.417. The molecule has 98 valence electrons. The number of carbonyl (C=O) groups is 1. The first-order valence-corrected chi connectivity index (χ1v) is 5.68. The largest absolute Gasteiger partial charge is 0.481 e. The van der Waals surface area contributed by atoms with Crippen LogP contribution in [-0.4, -0.2) is 29.1 Å². The summed E-state index contributed by atoms with van der Waals surface area (Å²) >= 11 is 0. The molecule has 1 aromatic carbocycles. The molecule has 1 rings (SSSR count). The Morgan fingerprint density at radius 1 is 1.50 bits per heavy atom. The first-order chi connectivity index (χ1) is 8.47. The van der Waals surface area contributed by atoms with Crippen LogP contribution in [0.25, 0.3) is 0 Å². The SMILES string of the molecule is CCN(CCC(=O)O)c1c(C)cccc1[N+](=O)[O-]. The molecular formula is C12H16N2O4. The van der Waals surface area contributed by atoms with E-state index >= 15 is 0 Å². The Kier molecular flexibility index (Phi) is 4.65. The summed E-state index contributed by atoms with van der Waals surface area (Å²) in [6.45, 7) is 4.42. The average Bonchev–Trinajstić information content (AvgIpc) is 2.30. The molecule has 0 aliphatic heterocycles. The van der Waals surface area contributed by atoms with Gasteiger partial charge in [-0.25, -0.2) is 0 Å². The summed E-state index contributed by atoms with van der Waals surface area (Å²) in [5, 5.41) is 19.7. The zero-order valence-electron chi connectivity index (χ0n) is 10.4. The average molecular weight is 252 g/mol. The molecule has 0 amide bonds. The third-order valence-corrected chi connectivity index (χ3v) is 2.71. The van der Waals surface area contributed by atoms with Gasteiger partial charge in [-0.15, -0.1) is 0 Å². The van der Waals surface area contributed by atoms with Gasteiger partial charge in [0.15, 0.2) is 0 Å². The number of nitrogens with zero attached hydrogens (tertiary/aromatic N) is 2. The summed E-state index contributed by atoms with van der Waals surface area (Å²) in [6, 6.07) is 4.85. The van der Waals surface area contributed by atoms with Crippen LogP contribution < -0.4 is 4.90 Å². The van der Waals surface area contributed by atoms with Crippen LogP contribution >= 0.6 is 0 Å². The van der Waals surface area contributed by atoms with Crippen LogP contribution in [0.4, 0.5) is 11.4 Å². The van der Waals surface area contributed by atoms with E-state index in [1.54, 1.807) is 24.0 Å². The van der Waals surface area contributed by atoms with Crippen molar-refractivity contribution in [2.45, 2.75) is 20.3 Å². The van der Waals surface area contributed by atoms with Gasteiger partial charge in [-0.1, -0.05) is 12.1 Å². The fourth-order valence-electron chi connectivity index (χ4n) is 1.86. The van der Waals surface area contributed by atoms with Crippen molar-refractivity contribution in [2.75, 3.05) is 18.0 Å². The van der Waals surface area contributed by atoms with Crippen molar-refractivity contribution in [2.24, 2.45) is 0 Å². The summed E-state index contributed by atoms with van der Waals surface area (Å²) in [5.74, 6) is -0.912. The van der Waals surface area contributed by atoms with E-state index in [2.05, 4.69) is 0 Å². The molecule has 6 heteroatoms. The molecule has 0 radical (unpaired) electrons. The number of anilines is 1. The number of hydrogen-bond acceptors (Lipinski definition) is 4. The van der Waals surface area contributed by atoms with Crippen LogP contribution in [0.1, 0.15) is 18.9 Å². The van der Waals surface area contributed by atoms with Crippen molar-refractivity contribution in [1.29, 1.82) is 0 Å². The van der Waals surface area contributed by atoms with Crippen molar-refractivity contribution in [3.8, 4) is 0 Å². The van der Waals surface area contributed by atoms with E-state index < -0.39 is 10.9 Å². The molecule has 1 N–H and O–H groups in total. The molecule has 0 unspecified atom stereocenters. The third kappa shape index (κ3) is 3.19. The molecule has 0 aliphatic rings. The molecule has 0 saturated heterocycles. The van der Waals surface area contributed by atoms with Crippen molar-refractivity contribution in [3.05, 3.63) is 33.9 Å². The molecule has 0 aliphatic carbocycles. The molecule has 0 bridgehead atoms. The zero-order valence-corrected chi connectivity index (χ0v) is 10.4. The summed E-state index contributed by atoms with van der Waals surface area (Å²) in [7, 11) is 0. The Morgan fingerprint density at radius 2 is 2.17 bits per heavy atom. The Labute approximate surface area is 105 Å². The number of aliphatic carboxylic acids is 1. The lowest BCUT2D eigenvalue weighted by molar-refractivity contribution is -0.384. The van der Waals surface area contributed by atoms with Crippen LogP contribution in [0.5, 0.6) is 0 Å². The van der Waals surface area contributed by atoms with Gasteiger partial charge in [0.05, 0.1) is 11.3 Å². The molecule has 0 saturated carbocycles. The Bertz CT molecular complexity index is 459. The van der Waals surface area contributed by atoms with E-state index in [9.17, 15) is 14.9 Å². The van der Waals surface area contributed by atoms with Crippen LogP contribution in [-0.2, 0) is 4.79 Å². The van der Waals surface area contributed by atoms with Crippen LogP contribution in [0, 0.1) is 17.0 Å². The van der Waals surface area contributed by atoms with Crippen LogP contribution in [0.3, 0.4) is 0 Å². The summed E-state index contributed by atoms with van der Waals surface area (Å²) in [5.41, 5.74) is 1.30. The quantitative estimate of drug-likeness (QED) is 0.619. The highest BCUT2D eigenvalue weighted by Crippen LogP contribution is 2.31. The van der Waals surface area contributed by atoms with E-state index in [-0.39, 0.29) is 18.7 Å². The number of rotatable bonds is 6. The van der Waals surface area contributed by atoms with Gasteiger partial charge in [0, 0.05) is 19.2 Å². The molecular weight excluding hydrogens is 236 g/mol. The predicted molar refractivity (Wildman–Crippen MR) is 68.0 cm³/mol. The topological polar surface area (TPSA) is 83.7 Å². The first-order valence-electron chi connectivity index (χ1n) is 5.68. The second kappa shape index (κ2) is 6.00. The van der Waals surface area contributed by atoms with E-state index in [0.717, 1.165) is 5.56 Å². The van der Waals surface area contributed by atoms with Gasteiger partial charge in [-0.3, -0.25) is 14.9 Å². The van der Waals surface area contributed by atoms with Crippen molar-refractivity contribution >= 4 is 17.3 Å². The molecule has 0 fully saturated rings. The van der Waals surface area contributed by atoms with Gasteiger partial charge < -0.3 is 10.0 Å². The predicted octanol–water partition coefficient (Wildman–Crippen LogP) is 2.20. The minimum absolute atomic E-state index is 0.0160. The number of nitro benzene ring substituents is 1. The van der Waals surface area contributed by atoms with Crippen LogP contribution in [0.15, 0.2) is 18.2 Å². The Hall–Kier alpha value is -2.11. The summed E-state index contributed by atoms with van der Waals surface area (Å²) in [4.78, 5) is 22.9. The number of benzene rings is 1. The highest BCUT2D eigenvalue weighted by molar-refractivity contribution is 5.70. The Morgan fingerprint density at radius 3 is 2.67 bits per heavy atom. The maximum Gasteiger partial charge on any atom is 0.305 e. The smallest absolute Gasteiger partial charge is 0.305 e. The normalized spacial score (nSPS) is 10.1. The molecule has 0 spiro atoms. The number of nitro groups is 1. The van der Waals surface area contributed by atoms with Gasteiger partial charge in [0.2, 0.25) is 0 Å². The van der Waals surface area contributed by atoms with E-state index in [4.69, 9.17) is 5.11 Å². The molecule has 6 nitrogen and oxygen atoms in total.